The number of para-hydroxylation sites is 1. The van der Waals surface area contributed by atoms with Crippen molar-refractivity contribution in [1.29, 1.82) is 0 Å². The van der Waals surface area contributed by atoms with E-state index in [2.05, 4.69) is 21.2 Å². The molecule has 6 heteroatoms. The summed E-state index contributed by atoms with van der Waals surface area (Å²) in [5, 5.41) is 11.6. The number of carbonyl (C=O) groups is 2. The first-order valence-corrected chi connectivity index (χ1v) is 7.19. The molecular formula is C15H15BrN2O3. The number of aliphatic carboxylic acids is 1. The second-order valence-corrected chi connectivity index (χ2v) is 5.58. The summed E-state index contributed by atoms with van der Waals surface area (Å²) < 4.78 is 2.55. The van der Waals surface area contributed by atoms with E-state index in [-0.39, 0.29) is 12.3 Å². The first-order valence-electron chi connectivity index (χ1n) is 6.40. The number of halogens is 1. The van der Waals surface area contributed by atoms with Crippen LogP contribution in [0.1, 0.15) is 22.5 Å². The molecule has 0 aliphatic rings. The lowest BCUT2D eigenvalue weighted by molar-refractivity contribution is -0.136. The van der Waals surface area contributed by atoms with Gasteiger partial charge >= 0.3 is 5.97 Å². The van der Waals surface area contributed by atoms with E-state index in [0.717, 1.165) is 10.0 Å². The third kappa shape index (κ3) is 3.95. The van der Waals surface area contributed by atoms with Gasteiger partial charge in [0.2, 0.25) is 0 Å². The van der Waals surface area contributed by atoms with Crippen molar-refractivity contribution in [2.45, 2.75) is 12.8 Å². The monoisotopic (exact) mass is 350 g/mol. The van der Waals surface area contributed by atoms with Gasteiger partial charge in [0.05, 0.1) is 0 Å². The van der Waals surface area contributed by atoms with Crippen molar-refractivity contribution >= 4 is 33.5 Å². The molecule has 0 atom stereocenters. The third-order valence-electron chi connectivity index (χ3n) is 3.08. The number of hydrogen-bond donors (Lipinski definition) is 2. The number of aromatic nitrogens is 1. The van der Waals surface area contributed by atoms with Crippen LogP contribution in [-0.2, 0) is 18.3 Å². The summed E-state index contributed by atoms with van der Waals surface area (Å²) >= 11 is 3.33. The van der Waals surface area contributed by atoms with Crippen LogP contribution in [0.25, 0.3) is 0 Å². The van der Waals surface area contributed by atoms with Crippen molar-refractivity contribution < 1.29 is 14.7 Å². The Bertz CT molecular complexity index is 679. The van der Waals surface area contributed by atoms with Crippen molar-refractivity contribution in [2.75, 3.05) is 5.32 Å². The minimum atomic E-state index is -0.859. The maximum absolute atomic E-state index is 12.3. The van der Waals surface area contributed by atoms with E-state index in [1.54, 1.807) is 36.0 Å². The van der Waals surface area contributed by atoms with Crippen LogP contribution in [-0.4, -0.2) is 21.6 Å². The summed E-state index contributed by atoms with van der Waals surface area (Å²) in [5.41, 5.74) is 1.97. The van der Waals surface area contributed by atoms with Crippen molar-refractivity contribution in [1.82, 2.24) is 4.57 Å². The Morgan fingerprint density at radius 2 is 2.05 bits per heavy atom. The van der Waals surface area contributed by atoms with Crippen LogP contribution in [0.15, 0.2) is 41.0 Å². The zero-order chi connectivity index (χ0) is 15.4. The number of nitrogens with one attached hydrogen (secondary N) is 1. The van der Waals surface area contributed by atoms with Crippen molar-refractivity contribution in [3.63, 3.8) is 0 Å². The van der Waals surface area contributed by atoms with Crippen molar-refractivity contribution in [2.24, 2.45) is 7.05 Å². The molecule has 5 nitrogen and oxygen atoms in total. The minimum absolute atomic E-state index is 0.0303. The highest BCUT2D eigenvalue weighted by molar-refractivity contribution is 9.10. The van der Waals surface area contributed by atoms with Gasteiger partial charge in [0.1, 0.15) is 5.69 Å². The summed E-state index contributed by atoms with van der Waals surface area (Å²) in [6, 6.07) is 8.95. The molecule has 2 N–H and O–H groups in total. The number of aryl methyl sites for hydroxylation is 2. The molecule has 1 aromatic heterocycles. The fourth-order valence-corrected chi connectivity index (χ4v) is 2.56. The highest BCUT2D eigenvalue weighted by Gasteiger charge is 2.13. The summed E-state index contributed by atoms with van der Waals surface area (Å²) in [6.45, 7) is 0. The number of carboxylic acid groups (broad SMARTS) is 1. The Morgan fingerprint density at radius 1 is 1.33 bits per heavy atom. The van der Waals surface area contributed by atoms with Gasteiger partial charge < -0.3 is 15.0 Å². The first-order chi connectivity index (χ1) is 9.97. The minimum Gasteiger partial charge on any atom is -0.481 e. The van der Waals surface area contributed by atoms with Gasteiger partial charge in [0.15, 0.2) is 0 Å². The Morgan fingerprint density at radius 3 is 2.67 bits per heavy atom. The Labute approximate surface area is 130 Å². The molecule has 0 radical (unpaired) electrons. The molecule has 21 heavy (non-hydrogen) atoms. The molecule has 2 rings (SSSR count). The number of carbonyl (C=O) groups excluding carboxylic acids is 1. The summed E-state index contributed by atoms with van der Waals surface area (Å²) in [6.07, 6.45) is 2.20. The van der Waals surface area contributed by atoms with Gasteiger partial charge in [-0.25, -0.2) is 0 Å². The van der Waals surface area contributed by atoms with Crippen molar-refractivity contribution in [3.05, 3.63) is 52.3 Å². The van der Waals surface area contributed by atoms with E-state index < -0.39 is 5.97 Å². The van der Waals surface area contributed by atoms with Gasteiger partial charge in [-0.2, -0.15) is 0 Å². The molecule has 0 saturated carbocycles. The smallest absolute Gasteiger partial charge is 0.303 e. The maximum Gasteiger partial charge on any atom is 0.303 e. The van der Waals surface area contributed by atoms with Crippen LogP contribution in [0.3, 0.4) is 0 Å². The maximum atomic E-state index is 12.3. The molecule has 1 aromatic carbocycles. The first kappa shape index (κ1) is 15.3. The lowest BCUT2D eigenvalue weighted by atomic mass is 10.1. The average Bonchev–Trinajstić information content (AvgIpc) is 2.76. The fourth-order valence-electron chi connectivity index (χ4n) is 2.04. The number of anilines is 1. The van der Waals surface area contributed by atoms with Gasteiger partial charge in [-0.05, 0) is 40.0 Å². The second-order valence-electron chi connectivity index (χ2n) is 4.66. The van der Waals surface area contributed by atoms with Gasteiger partial charge in [0, 0.05) is 29.8 Å². The van der Waals surface area contributed by atoms with Gasteiger partial charge in [-0.15, -0.1) is 0 Å². The normalized spacial score (nSPS) is 10.4. The Balaban J connectivity index is 2.17. The summed E-state index contributed by atoms with van der Waals surface area (Å²) in [5.74, 6) is -1.09. The van der Waals surface area contributed by atoms with Crippen LogP contribution in [0.5, 0.6) is 0 Å². The number of rotatable bonds is 5. The van der Waals surface area contributed by atoms with Crippen LogP contribution in [0, 0.1) is 0 Å². The van der Waals surface area contributed by atoms with Crippen LogP contribution >= 0.6 is 15.9 Å². The van der Waals surface area contributed by atoms with Gasteiger partial charge in [-0.3, -0.25) is 9.59 Å². The number of amides is 1. The molecule has 2 aromatic rings. The molecule has 110 valence electrons. The van der Waals surface area contributed by atoms with Crippen LogP contribution in [0.2, 0.25) is 0 Å². The number of benzene rings is 1. The molecule has 0 fully saturated rings. The highest BCUT2D eigenvalue weighted by Crippen LogP contribution is 2.19. The molecule has 1 heterocycles. The number of nitrogens with zero attached hydrogens (tertiary/aromatic N) is 1. The Kier molecular flexibility index (Phi) is 4.80. The van der Waals surface area contributed by atoms with E-state index in [9.17, 15) is 9.59 Å². The van der Waals surface area contributed by atoms with E-state index in [1.165, 1.54) is 0 Å². The Hall–Kier alpha value is -2.08. The summed E-state index contributed by atoms with van der Waals surface area (Å²) in [4.78, 5) is 22.9. The van der Waals surface area contributed by atoms with Crippen LogP contribution in [0.4, 0.5) is 5.69 Å². The lowest BCUT2D eigenvalue weighted by Crippen LogP contribution is -2.16. The number of carboxylic acids is 1. The topological polar surface area (TPSA) is 71.3 Å². The zero-order valence-electron chi connectivity index (χ0n) is 11.5. The SMILES string of the molecule is Cn1cc(Br)cc1C(=O)Nc1ccccc1CCC(=O)O. The molecule has 0 spiro atoms. The predicted octanol–water partition coefficient (Wildman–Crippen LogP) is 3.06. The van der Waals surface area contributed by atoms with Crippen molar-refractivity contribution in [3.8, 4) is 0 Å². The lowest BCUT2D eigenvalue weighted by Gasteiger charge is -2.10. The molecule has 0 unspecified atom stereocenters. The summed E-state index contributed by atoms with van der Waals surface area (Å²) in [7, 11) is 1.79. The predicted molar refractivity (Wildman–Crippen MR) is 83.5 cm³/mol. The standard InChI is InChI=1S/C15H15BrN2O3/c1-18-9-11(16)8-13(18)15(21)17-12-5-3-2-4-10(12)6-7-14(19)20/h2-5,8-9H,6-7H2,1H3,(H,17,21)(H,19,20). The van der Waals surface area contributed by atoms with E-state index >= 15 is 0 Å². The third-order valence-corrected chi connectivity index (χ3v) is 3.51. The molecule has 0 aliphatic heterocycles. The zero-order valence-corrected chi connectivity index (χ0v) is 13.1. The second kappa shape index (κ2) is 6.58. The molecule has 1 amide bonds. The highest BCUT2D eigenvalue weighted by atomic mass is 79.9. The van der Waals surface area contributed by atoms with Gasteiger partial charge in [0.25, 0.3) is 5.91 Å². The molecule has 0 bridgehead atoms. The van der Waals surface area contributed by atoms with Crippen LogP contribution < -0.4 is 5.32 Å². The fraction of sp³-hybridized carbons (Fsp3) is 0.200. The number of hydrogen-bond acceptors (Lipinski definition) is 2. The van der Waals surface area contributed by atoms with E-state index in [0.29, 0.717) is 17.8 Å². The molecular weight excluding hydrogens is 336 g/mol. The van der Waals surface area contributed by atoms with E-state index in [1.807, 2.05) is 12.1 Å². The largest absolute Gasteiger partial charge is 0.481 e. The quantitative estimate of drug-likeness (QED) is 0.870. The molecule has 0 saturated heterocycles. The molecule has 0 aliphatic carbocycles. The average molecular weight is 351 g/mol. The van der Waals surface area contributed by atoms with Gasteiger partial charge in [-0.1, -0.05) is 18.2 Å². The van der Waals surface area contributed by atoms with E-state index in [4.69, 9.17) is 5.11 Å².